The Balaban J connectivity index is 1.74. The van der Waals surface area contributed by atoms with Crippen LogP contribution in [0, 0.1) is 11.8 Å². The molecule has 116 valence electrons. The van der Waals surface area contributed by atoms with Gasteiger partial charge in [-0.3, -0.25) is 9.59 Å². The monoisotopic (exact) mass is 327 g/mol. The van der Waals surface area contributed by atoms with E-state index < -0.39 is 57.3 Å². The summed E-state index contributed by atoms with van der Waals surface area (Å²) in [7, 11) is -5.93. The standard InChI is InChI=1S/C10H8F3NO6S/c11-10(12,13)21(17,18)20-14-7-8(15)5-3-1-2-4(19-3)6(5)9(7)16/h1-7,14H. The Morgan fingerprint density at radius 2 is 1.57 bits per heavy atom. The minimum atomic E-state index is -5.93. The minimum absolute atomic E-state index is 0.609. The van der Waals surface area contributed by atoms with Crippen LogP contribution in [0.5, 0.6) is 0 Å². The van der Waals surface area contributed by atoms with Gasteiger partial charge in [0.15, 0.2) is 17.6 Å². The number of hydroxylamine groups is 1. The number of hydrogen-bond donors (Lipinski definition) is 1. The number of fused-ring (bicyclic) bond motifs is 5. The second-order valence-corrected chi connectivity index (χ2v) is 6.38. The summed E-state index contributed by atoms with van der Waals surface area (Å²) in [6.07, 6.45) is 1.96. The van der Waals surface area contributed by atoms with Crippen molar-refractivity contribution >= 4 is 21.7 Å². The summed E-state index contributed by atoms with van der Waals surface area (Å²) in [5.74, 6) is -3.11. The molecule has 0 aromatic heterocycles. The third kappa shape index (κ3) is 2.03. The fourth-order valence-corrected chi connectivity index (χ4v) is 3.10. The molecular formula is C10H8F3NO6S. The summed E-state index contributed by atoms with van der Waals surface area (Å²) in [5, 5.41) is 0. The molecule has 0 aromatic carbocycles. The van der Waals surface area contributed by atoms with Crippen molar-refractivity contribution < 1.29 is 40.2 Å². The minimum Gasteiger partial charge on any atom is -0.365 e. The maximum Gasteiger partial charge on any atom is 0.524 e. The van der Waals surface area contributed by atoms with Crippen molar-refractivity contribution in [3.8, 4) is 0 Å². The first-order valence-corrected chi connectivity index (χ1v) is 7.21. The van der Waals surface area contributed by atoms with Crippen LogP contribution < -0.4 is 5.48 Å². The van der Waals surface area contributed by atoms with Crippen molar-refractivity contribution in [2.45, 2.75) is 23.8 Å². The fourth-order valence-electron chi connectivity index (χ4n) is 2.79. The van der Waals surface area contributed by atoms with Crippen molar-refractivity contribution in [1.29, 1.82) is 0 Å². The van der Waals surface area contributed by atoms with Crippen LogP contribution in [0.25, 0.3) is 0 Å². The fraction of sp³-hybridized carbons (Fsp3) is 0.600. The number of ether oxygens (including phenoxy) is 1. The van der Waals surface area contributed by atoms with Crippen molar-refractivity contribution in [2.75, 3.05) is 0 Å². The second kappa shape index (κ2) is 4.35. The number of Topliss-reactive ketones (excluding diaryl/α,β-unsaturated/α-hetero) is 2. The lowest BCUT2D eigenvalue weighted by Crippen LogP contribution is -2.44. The molecule has 2 heterocycles. The van der Waals surface area contributed by atoms with Crippen LogP contribution in [-0.2, 0) is 28.7 Å². The SMILES string of the molecule is O=C1C(NOS(=O)(=O)C(F)(F)F)C(=O)C2C3C=CC(O3)C12. The average Bonchev–Trinajstić information content (AvgIpc) is 3.01. The lowest BCUT2D eigenvalue weighted by Gasteiger charge is -2.14. The number of alkyl halides is 3. The van der Waals surface area contributed by atoms with Gasteiger partial charge in [0.2, 0.25) is 0 Å². The summed E-state index contributed by atoms with van der Waals surface area (Å²) in [6, 6.07) is -1.74. The summed E-state index contributed by atoms with van der Waals surface area (Å²) in [4.78, 5) is 24.0. The van der Waals surface area contributed by atoms with Crippen LogP contribution in [0.15, 0.2) is 12.2 Å². The molecule has 21 heavy (non-hydrogen) atoms. The molecule has 2 aliphatic heterocycles. The zero-order valence-corrected chi connectivity index (χ0v) is 10.8. The third-order valence-corrected chi connectivity index (χ3v) is 4.57. The van der Waals surface area contributed by atoms with E-state index in [2.05, 4.69) is 4.28 Å². The molecule has 1 aliphatic carbocycles. The Bertz CT molecular complexity index is 612. The van der Waals surface area contributed by atoms with E-state index in [4.69, 9.17) is 4.74 Å². The Morgan fingerprint density at radius 1 is 1.10 bits per heavy atom. The van der Waals surface area contributed by atoms with Crippen LogP contribution >= 0.6 is 0 Å². The highest BCUT2D eigenvalue weighted by Gasteiger charge is 2.62. The van der Waals surface area contributed by atoms with Gasteiger partial charge >= 0.3 is 15.6 Å². The molecule has 4 unspecified atom stereocenters. The number of rotatable bonds is 3. The Morgan fingerprint density at radius 3 is 2.00 bits per heavy atom. The smallest absolute Gasteiger partial charge is 0.365 e. The van der Waals surface area contributed by atoms with Crippen LogP contribution in [0.4, 0.5) is 13.2 Å². The van der Waals surface area contributed by atoms with Gasteiger partial charge in [0.1, 0.15) is 0 Å². The highest BCUT2D eigenvalue weighted by atomic mass is 32.2. The topological polar surface area (TPSA) is 98.8 Å². The quantitative estimate of drug-likeness (QED) is 0.321. The van der Waals surface area contributed by atoms with Gasteiger partial charge in [0.05, 0.1) is 24.0 Å². The molecule has 11 heteroatoms. The van der Waals surface area contributed by atoms with Gasteiger partial charge in [-0.2, -0.15) is 31.4 Å². The maximum absolute atomic E-state index is 12.1. The van der Waals surface area contributed by atoms with Crippen molar-refractivity contribution in [3.63, 3.8) is 0 Å². The zero-order valence-electron chi connectivity index (χ0n) is 10.0. The number of carbonyl (C=O) groups is 2. The van der Waals surface area contributed by atoms with E-state index in [9.17, 15) is 31.2 Å². The lowest BCUT2D eigenvalue weighted by molar-refractivity contribution is -0.131. The van der Waals surface area contributed by atoms with Gasteiger partial charge in [-0.25, -0.2) is 0 Å². The van der Waals surface area contributed by atoms with Gasteiger partial charge in [-0.1, -0.05) is 12.2 Å². The molecule has 3 rings (SSSR count). The van der Waals surface area contributed by atoms with E-state index in [1.807, 2.05) is 0 Å². The van der Waals surface area contributed by atoms with Crippen LogP contribution in [0.3, 0.4) is 0 Å². The molecule has 0 radical (unpaired) electrons. The van der Waals surface area contributed by atoms with Gasteiger partial charge in [-0.05, 0) is 0 Å². The number of carbonyl (C=O) groups excluding carboxylic acids is 2. The molecule has 0 spiro atoms. The maximum atomic E-state index is 12.1. The van der Waals surface area contributed by atoms with Gasteiger partial charge in [0, 0.05) is 0 Å². The first-order chi connectivity index (χ1) is 9.63. The van der Waals surface area contributed by atoms with E-state index in [1.54, 1.807) is 12.2 Å². The van der Waals surface area contributed by atoms with Gasteiger partial charge in [0.25, 0.3) is 0 Å². The molecular weight excluding hydrogens is 319 g/mol. The summed E-state index contributed by atoms with van der Waals surface area (Å²) >= 11 is 0. The molecule has 1 N–H and O–H groups in total. The predicted octanol–water partition coefficient (Wildman–Crippen LogP) is -0.553. The Kier molecular flexibility index (Phi) is 3.03. The van der Waals surface area contributed by atoms with E-state index in [1.165, 1.54) is 5.48 Å². The molecule has 1 saturated heterocycles. The lowest BCUT2D eigenvalue weighted by atomic mass is 9.85. The second-order valence-electron chi connectivity index (χ2n) is 4.84. The predicted molar refractivity (Wildman–Crippen MR) is 57.8 cm³/mol. The third-order valence-electron chi connectivity index (χ3n) is 3.68. The summed E-state index contributed by atoms with van der Waals surface area (Å²) < 4.78 is 66.7. The number of hydrogen-bond acceptors (Lipinski definition) is 7. The first-order valence-electron chi connectivity index (χ1n) is 5.80. The van der Waals surface area contributed by atoms with Gasteiger partial charge in [-0.15, -0.1) is 0 Å². The molecule has 2 bridgehead atoms. The van der Waals surface area contributed by atoms with Crippen molar-refractivity contribution in [1.82, 2.24) is 5.48 Å². The molecule has 0 amide bonds. The van der Waals surface area contributed by atoms with E-state index >= 15 is 0 Å². The molecule has 1 saturated carbocycles. The van der Waals surface area contributed by atoms with Gasteiger partial charge < -0.3 is 4.74 Å². The highest BCUT2D eigenvalue weighted by molar-refractivity contribution is 7.87. The summed E-state index contributed by atoms with van der Waals surface area (Å²) in [5.41, 5.74) is -4.21. The molecule has 3 aliphatic rings. The Labute approximate surface area is 116 Å². The van der Waals surface area contributed by atoms with Crippen LogP contribution in [0.2, 0.25) is 0 Å². The van der Waals surface area contributed by atoms with Crippen molar-refractivity contribution in [3.05, 3.63) is 12.2 Å². The van der Waals surface area contributed by atoms with Crippen LogP contribution in [-0.4, -0.2) is 43.7 Å². The molecule has 4 atom stereocenters. The molecule has 7 nitrogen and oxygen atoms in total. The molecule has 0 aromatic rings. The average molecular weight is 327 g/mol. The Hall–Kier alpha value is -1.30. The highest BCUT2D eigenvalue weighted by Crippen LogP contribution is 2.45. The van der Waals surface area contributed by atoms with E-state index in [-0.39, 0.29) is 0 Å². The van der Waals surface area contributed by atoms with Crippen LogP contribution in [0.1, 0.15) is 0 Å². The molecule has 2 fully saturated rings. The largest absolute Gasteiger partial charge is 0.524 e. The first kappa shape index (κ1) is 14.6. The summed E-state index contributed by atoms with van der Waals surface area (Å²) in [6.45, 7) is 0. The number of nitrogens with one attached hydrogen (secondary N) is 1. The zero-order chi connectivity index (χ0) is 15.6. The number of halogens is 3. The van der Waals surface area contributed by atoms with E-state index in [0.29, 0.717) is 0 Å². The number of ketones is 2. The normalized spacial score (nSPS) is 38.3. The van der Waals surface area contributed by atoms with E-state index in [0.717, 1.165) is 0 Å². The van der Waals surface area contributed by atoms with Crippen molar-refractivity contribution in [2.24, 2.45) is 11.8 Å².